The number of carbonyl (C=O) groups is 2. The Bertz CT molecular complexity index is 665. The lowest BCUT2D eigenvalue weighted by molar-refractivity contribution is -0.139. The number of nitrogens with one attached hydrogen (secondary N) is 2. The number of nitrogens with zero attached hydrogens (tertiary/aromatic N) is 1. The zero-order valence-electron chi connectivity index (χ0n) is 16.1. The van der Waals surface area contributed by atoms with Crippen LogP contribution < -0.4 is 15.5 Å². The zero-order chi connectivity index (χ0) is 19.1. The van der Waals surface area contributed by atoms with Gasteiger partial charge in [-0.15, -0.1) is 0 Å². The molecule has 0 aliphatic carbocycles. The normalized spacial score (nSPS) is 16.8. The molecule has 0 saturated heterocycles. The second kappa shape index (κ2) is 9.27. The minimum Gasteiger partial charge on any atom is -0.462 e. The van der Waals surface area contributed by atoms with Gasteiger partial charge in [0.15, 0.2) is 0 Å². The van der Waals surface area contributed by atoms with Crippen LogP contribution in [0.3, 0.4) is 0 Å². The number of unbranched alkanes of at least 4 members (excludes halogenated alkanes) is 3. The van der Waals surface area contributed by atoms with Crippen molar-refractivity contribution in [2.45, 2.75) is 45.6 Å². The summed E-state index contributed by atoms with van der Waals surface area (Å²) in [4.78, 5) is 26.5. The summed E-state index contributed by atoms with van der Waals surface area (Å²) in [5.41, 5.74) is 2.89. The summed E-state index contributed by atoms with van der Waals surface area (Å²) in [5, 5.41) is 5.50. The van der Waals surface area contributed by atoms with E-state index < -0.39 is 6.04 Å². The molecule has 6 heteroatoms. The summed E-state index contributed by atoms with van der Waals surface area (Å²) in [6.45, 7) is 4.27. The van der Waals surface area contributed by atoms with Gasteiger partial charge in [-0.3, -0.25) is 0 Å². The minimum absolute atomic E-state index is 0.316. The standard InChI is InChI=1S/C20H29N3O3/c1-5-6-7-8-13-26-19(24)17-14(2)21-20(25)22-18(17)15-9-11-16(12-10-15)23(3)4/h9-12,18H,5-8,13H2,1-4H3,(H2,21,22,25). The Balaban J connectivity index is 2.15. The van der Waals surface area contributed by atoms with E-state index in [1.807, 2.05) is 43.3 Å². The van der Waals surface area contributed by atoms with Gasteiger partial charge in [-0.2, -0.15) is 0 Å². The van der Waals surface area contributed by atoms with Crippen LogP contribution in [0.5, 0.6) is 0 Å². The molecule has 1 atom stereocenters. The number of ether oxygens (including phenoxy) is 1. The van der Waals surface area contributed by atoms with E-state index in [1.165, 1.54) is 0 Å². The minimum atomic E-state index is -0.511. The van der Waals surface area contributed by atoms with Gasteiger partial charge in [0.25, 0.3) is 0 Å². The number of hydrogen-bond donors (Lipinski definition) is 2. The van der Waals surface area contributed by atoms with E-state index in [0.29, 0.717) is 17.9 Å². The number of rotatable bonds is 8. The molecule has 142 valence electrons. The molecule has 1 aromatic carbocycles. The summed E-state index contributed by atoms with van der Waals surface area (Å²) >= 11 is 0. The molecule has 0 spiro atoms. The Labute approximate surface area is 155 Å². The highest BCUT2D eigenvalue weighted by Gasteiger charge is 2.32. The van der Waals surface area contributed by atoms with Gasteiger partial charge in [-0.25, -0.2) is 9.59 Å². The highest BCUT2D eigenvalue weighted by atomic mass is 16.5. The lowest BCUT2D eigenvalue weighted by Gasteiger charge is -2.28. The number of benzene rings is 1. The van der Waals surface area contributed by atoms with Crippen molar-refractivity contribution in [2.24, 2.45) is 0 Å². The van der Waals surface area contributed by atoms with E-state index >= 15 is 0 Å². The van der Waals surface area contributed by atoms with Gasteiger partial charge in [0.05, 0.1) is 18.2 Å². The van der Waals surface area contributed by atoms with Gasteiger partial charge in [-0.05, 0) is 31.0 Å². The molecule has 1 aromatic rings. The molecule has 2 N–H and O–H groups in total. The molecule has 1 heterocycles. The number of esters is 1. The average molecular weight is 359 g/mol. The van der Waals surface area contributed by atoms with E-state index in [4.69, 9.17) is 4.74 Å². The molecule has 0 radical (unpaired) electrons. The molecule has 1 aliphatic rings. The molecule has 0 saturated carbocycles. The second-order valence-corrected chi connectivity index (χ2v) is 6.75. The maximum absolute atomic E-state index is 12.6. The van der Waals surface area contributed by atoms with Crippen LogP contribution in [-0.2, 0) is 9.53 Å². The fourth-order valence-corrected chi connectivity index (χ4v) is 2.95. The molecule has 2 rings (SSSR count). The van der Waals surface area contributed by atoms with Gasteiger partial charge in [0.1, 0.15) is 0 Å². The van der Waals surface area contributed by atoms with E-state index in [0.717, 1.165) is 36.9 Å². The molecular formula is C20H29N3O3. The highest BCUT2D eigenvalue weighted by Crippen LogP contribution is 2.28. The first-order valence-electron chi connectivity index (χ1n) is 9.16. The third-order valence-corrected chi connectivity index (χ3v) is 4.46. The molecule has 1 unspecified atom stereocenters. The Kier molecular flexibility index (Phi) is 7.06. The summed E-state index contributed by atoms with van der Waals surface area (Å²) in [6, 6.07) is 6.95. The van der Waals surface area contributed by atoms with E-state index in [2.05, 4.69) is 17.6 Å². The fourth-order valence-electron chi connectivity index (χ4n) is 2.95. The van der Waals surface area contributed by atoms with Gasteiger partial charge in [0, 0.05) is 25.5 Å². The number of anilines is 1. The van der Waals surface area contributed by atoms with Gasteiger partial charge in [0.2, 0.25) is 0 Å². The average Bonchev–Trinajstić information content (AvgIpc) is 2.60. The number of amides is 2. The SMILES string of the molecule is CCCCCCOC(=O)C1=C(C)NC(=O)NC1c1ccc(N(C)C)cc1. The third-order valence-electron chi connectivity index (χ3n) is 4.46. The summed E-state index contributed by atoms with van der Waals surface area (Å²) in [7, 11) is 3.93. The summed E-state index contributed by atoms with van der Waals surface area (Å²) in [6.07, 6.45) is 4.18. The predicted molar refractivity (Wildman–Crippen MR) is 103 cm³/mol. The van der Waals surface area contributed by atoms with Crippen molar-refractivity contribution in [1.82, 2.24) is 10.6 Å². The largest absolute Gasteiger partial charge is 0.462 e. The number of urea groups is 1. The first kappa shape index (κ1) is 19.8. The maximum Gasteiger partial charge on any atom is 0.338 e. The molecule has 0 bridgehead atoms. The Morgan fingerprint density at radius 2 is 1.85 bits per heavy atom. The van der Waals surface area contributed by atoms with Gasteiger partial charge in [-0.1, -0.05) is 38.3 Å². The van der Waals surface area contributed by atoms with E-state index in [1.54, 1.807) is 6.92 Å². The monoisotopic (exact) mass is 359 g/mol. The number of carbonyl (C=O) groups excluding carboxylic acids is 2. The summed E-state index contributed by atoms with van der Waals surface area (Å²) in [5.74, 6) is -0.381. The Hall–Kier alpha value is -2.50. The second-order valence-electron chi connectivity index (χ2n) is 6.75. The van der Waals surface area contributed by atoms with Crippen LogP contribution in [-0.4, -0.2) is 32.7 Å². The molecule has 0 aromatic heterocycles. The van der Waals surface area contributed by atoms with Gasteiger partial charge >= 0.3 is 12.0 Å². The fraction of sp³-hybridized carbons (Fsp3) is 0.500. The van der Waals surface area contributed by atoms with Crippen LogP contribution in [0.1, 0.15) is 51.1 Å². The predicted octanol–water partition coefficient (Wildman–Crippen LogP) is 3.50. The third kappa shape index (κ3) is 5.00. The molecule has 26 heavy (non-hydrogen) atoms. The van der Waals surface area contributed by atoms with E-state index in [-0.39, 0.29) is 12.0 Å². The van der Waals surface area contributed by atoms with Crippen LogP contribution in [0.2, 0.25) is 0 Å². The lowest BCUT2D eigenvalue weighted by atomic mass is 9.95. The molecular weight excluding hydrogens is 330 g/mol. The van der Waals surface area contributed by atoms with E-state index in [9.17, 15) is 9.59 Å². The molecule has 1 aliphatic heterocycles. The Morgan fingerprint density at radius 1 is 1.15 bits per heavy atom. The van der Waals surface area contributed by atoms with Crippen LogP contribution in [0.25, 0.3) is 0 Å². The van der Waals surface area contributed by atoms with Crippen LogP contribution in [0.4, 0.5) is 10.5 Å². The zero-order valence-corrected chi connectivity index (χ0v) is 16.1. The molecule has 2 amide bonds. The first-order chi connectivity index (χ1) is 12.4. The smallest absolute Gasteiger partial charge is 0.338 e. The quantitative estimate of drug-likeness (QED) is 0.550. The summed E-state index contributed by atoms with van der Waals surface area (Å²) < 4.78 is 5.45. The topological polar surface area (TPSA) is 70.7 Å². The lowest BCUT2D eigenvalue weighted by Crippen LogP contribution is -2.45. The van der Waals surface area contributed by atoms with Crippen molar-refractivity contribution in [3.63, 3.8) is 0 Å². The Morgan fingerprint density at radius 3 is 2.46 bits per heavy atom. The first-order valence-corrected chi connectivity index (χ1v) is 9.16. The van der Waals surface area contributed by atoms with Crippen LogP contribution in [0, 0.1) is 0 Å². The van der Waals surface area contributed by atoms with Crippen LogP contribution >= 0.6 is 0 Å². The van der Waals surface area contributed by atoms with Crippen molar-refractivity contribution in [3.8, 4) is 0 Å². The number of allylic oxidation sites excluding steroid dienone is 1. The molecule has 6 nitrogen and oxygen atoms in total. The van der Waals surface area contributed by atoms with Crippen molar-refractivity contribution in [3.05, 3.63) is 41.1 Å². The van der Waals surface area contributed by atoms with Crippen molar-refractivity contribution >= 4 is 17.7 Å². The van der Waals surface area contributed by atoms with Crippen molar-refractivity contribution < 1.29 is 14.3 Å². The maximum atomic E-state index is 12.6. The number of hydrogen-bond acceptors (Lipinski definition) is 4. The molecule has 0 fully saturated rings. The van der Waals surface area contributed by atoms with Crippen LogP contribution in [0.15, 0.2) is 35.5 Å². The van der Waals surface area contributed by atoms with Crippen molar-refractivity contribution in [2.75, 3.05) is 25.6 Å². The highest BCUT2D eigenvalue weighted by molar-refractivity contribution is 5.95. The van der Waals surface area contributed by atoms with Crippen molar-refractivity contribution in [1.29, 1.82) is 0 Å². The van der Waals surface area contributed by atoms with Gasteiger partial charge < -0.3 is 20.3 Å².